The molecule has 3 aromatic rings. The molecule has 0 radical (unpaired) electrons. The first-order chi connectivity index (χ1) is 13.0. The number of hydrogen-bond donors (Lipinski definition) is 1. The molecular weight excluding hydrogens is 338 g/mol. The van der Waals surface area contributed by atoms with E-state index in [0.717, 1.165) is 16.3 Å². The highest BCUT2D eigenvalue weighted by Gasteiger charge is 2.33. The number of benzene rings is 3. The van der Waals surface area contributed by atoms with Gasteiger partial charge >= 0.3 is 0 Å². The number of amides is 1. The van der Waals surface area contributed by atoms with E-state index in [1.807, 2.05) is 48.5 Å². The summed E-state index contributed by atoms with van der Waals surface area (Å²) in [5, 5.41) is 4.82. The van der Waals surface area contributed by atoms with Crippen molar-refractivity contribution in [3.05, 3.63) is 83.9 Å². The quantitative estimate of drug-likeness (QED) is 0.674. The number of nitrogens with one attached hydrogen (secondary N) is 1. The maximum Gasteiger partial charge on any atom is 0.251 e. The molecule has 0 spiro atoms. The summed E-state index contributed by atoms with van der Waals surface area (Å²) in [6.07, 6.45) is 0. The van der Waals surface area contributed by atoms with Gasteiger partial charge in [-0.1, -0.05) is 60.7 Å². The second-order valence-electron chi connectivity index (χ2n) is 6.58. The summed E-state index contributed by atoms with van der Waals surface area (Å²) in [6.45, 7) is 2.78. The third-order valence-electron chi connectivity index (χ3n) is 4.69. The average Bonchev–Trinajstić information content (AvgIpc) is 2.67. The van der Waals surface area contributed by atoms with Crippen LogP contribution in [0.3, 0.4) is 0 Å². The summed E-state index contributed by atoms with van der Waals surface area (Å²) in [5.74, 6) is -1.80. The molecule has 136 valence electrons. The smallest absolute Gasteiger partial charge is 0.251 e. The van der Waals surface area contributed by atoms with Crippen LogP contribution in [-0.2, 0) is 9.59 Å². The maximum absolute atomic E-state index is 12.8. The highest BCUT2D eigenvalue weighted by Crippen LogP contribution is 2.30. The monoisotopic (exact) mass is 359 g/mol. The predicted octanol–water partition coefficient (Wildman–Crippen LogP) is 4.11. The number of ketones is 2. The van der Waals surface area contributed by atoms with E-state index in [1.165, 1.54) is 13.8 Å². The van der Waals surface area contributed by atoms with Gasteiger partial charge in [0, 0.05) is 5.56 Å². The molecule has 1 N–H and O–H groups in total. The van der Waals surface area contributed by atoms with E-state index in [4.69, 9.17) is 0 Å². The van der Waals surface area contributed by atoms with E-state index >= 15 is 0 Å². The lowest BCUT2D eigenvalue weighted by molar-refractivity contribution is -0.131. The lowest BCUT2D eigenvalue weighted by Gasteiger charge is -2.26. The molecule has 0 saturated carbocycles. The van der Waals surface area contributed by atoms with E-state index in [2.05, 4.69) is 5.32 Å². The number of hydrogen-bond acceptors (Lipinski definition) is 3. The first-order valence-corrected chi connectivity index (χ1v) is 8.83. The SMILES string of the molecule is CC(=O)C(C(C)=O)C(NC(=O)c1ccccc1)c1cccc2ccccc12. The second-order valence-corrected chi connectivity index (χ2v) is 6.58. The Balaban J connectivity index is 2.11. The standard InChI is InChI=1S/C23H21NO3/c1-15(25)21(16(2)26)22(24-23(27)18-10-4-3-5-11-18)20-14-8-12-17-9-6-7-13-19(17)20/h3-14,21-22H,1-2H3,(H,24,27). The molecule has 0 heterocycles. The zero-order valence-electron chi connectivity index (χ0n) is 15.3. The van der Waals surface area contributed by atoms with Gasteiger partial charge in [-0.25, -0.2) is 0 Å². The lowest BCUT2D eigenvalue weighted by atomic mass is 9.84. The van der Waals surface area contributed by atoms with Crippen molar-refractivity contribution in [2.24, 2.45) is 5.92 Å². The van der Waals surface area contributed by atoms with Crippen molar-refractivity contribution in [1.29, 1.82) is 0 Å². The van der Waals surface area contributed by atoms with Gasteiger partial charge in [0.25, 0.3) is 5.91 Å². The molecule has 0 aliphatic rings. The summed E-state index contributed by atoms with van der Waals surface area (Å²) in [4.78, 5) is 37.3. The van der Waals surface area contributed by atoms with Crippen LogP contribution < -0.4 is 5.32 Å². The van der Waals surface area contributed by atoms with Crippen molar-refractivity contribution in [3.63, 3.8) is 0 Å². The van der Waals surface area contributed by atoms with Crippen molar-refractivity contribution >= 4 is 28.2 Å². The Kier molecular flexibility index (Phi) is 5.46. The van der Waals surface area contributed by atoms with Gasteiger partial charge < -0.3 is 5.32 Å². The molecule has 27 heavy (non-hydrogen) atoms. The second kappa shape index (κ2) is 7.96. The van der Waals surface area contributed by atoms with Crippen molar-refractivity contribution < 1.29 is 14.4 Å². The fourth-order valence-electron chi connectivity index (χ4n) is 3.43. The Morgan fingerprint density at radius 3 is 2.00 bits per heavy atom. The molecular formula is C23H21NO3. The molecule has 1 amide bonds. The summed E-state index contributed by atoms with van der Waals surface area (Å²) >= 11 is 0. The largest absolute Gasteiger partial charge is 0.344 e. The van der Waals surface area contributed by atoms with Gasteiger partial charge in [-0.05, 0) is 42.3 Å². The fourth-order valence-corrected chi connectivity index (χ4v) is 3.43. The number of rotatable bonds is 6. The summed E-state index contributed by atoms with van der Waals surface area (Å²) < 4.78 is 0. The Labute approximate surface area is 158 Å². The lowest BCUT2D eigenvalue weighted by Crippen LogP contribution is -2.39. The van der Waals surface area contributed by atoms with Crippen LogP contribution in [-0.4, -0.2) is 17.5 Å². The van der Waals surface area contributed by atoms with Gasteiger partial charge in [0.15, 0.2) is 0 Å². The summed E-state index contributed by atoms with van der Waals surface area (Å²) in [6, 6.07) is 21.5. The third kappa shape index (κ3) is 3.95. The Morgan fingerprint density at radius 1 is 0.741 bits per heavy atom. The molecule has 4 nitrogen and oxygen atoms in total. The minimum absolute atomic E-state index is 0.270. The van der Waals surface area contributed by atoms with Crippen LogP contribution >= 0.6 is 0 Å². The first kappa shape index (κ1) is 18.5. The van der Waals surface area contributed by atoms with E-state index in [-0.39, 0.29) is 17.5 Å². The minimum Gasteiger partial charge on any atom is -0.344 e. The molecule has 1 atom stereocenters. The topological polar surface area (TPSA) is 63.2 Å². The minimum atomic E-state index is -0.941. The van der Waals surface area contributed by atoms with Gasteiger partial charge in [0.2, 0.25) is 0 Å². The van der Waals surface area contributed by atoms with Gasteiger partial charge in [-0.15, -0.1) is 0 Å². The van der Waals surface area contributed by atoms with Crippen molar-refractivity contribution in [2.45, 2.75) is 19.9 Å². The zero-order chi connectivity index (χ0) is 19.4. The van der Waals surface area contributed by atoms with E-state index in [1.54, 1.807) is 24.3 Å². The Morgan fingerprint density at radius 2 is 1.33 bits per heavy atom. The number of Topliss-reactive ketones (excluding diaryl/α,β-unsaturated/α-hetero) is 2. The molecule has 3 rings (SSSR count). The van der Waals surface area contributed by atoms with E-state index in [0.29, 0.717) is 5.56 Å². The van der Waals surface area contributed by atoms with Crippen LogP contribution in [0.15, 0.2) is 72.8 Å². The number of carbonyl (C=O) groups excluding carboxylic acids is 3. The molecule has 0 saturated heterocycles. The Bertz CT molecular complexity index is 975. The fraction of sp³-hybridized carbons (Fsp3) is 0.174. The van der Waals surface area contributed by atoms with Gasteiger partial charge in [0.05, 0.1) is 6.04 Å². The average molecular weight is 359 g/mol. The van der Waals surface area contributed by atoms with Crippen molar-refractivity contribution in [3.8, 4) is 0 Å². The normalized spacial score (nSPS) is 12.0. The number of carbonyl (C=O) groups is 3. The molecule has 0 aliphatic carbocycles. The van der Waals surface area contributed by atoms with E-state index < -0.39 is 12.0 Å². The molecule has 1 unspecified atom stereocenters. The first-order valence-electron chi connectivity index (χ1n) is 8.83. The van der Waals surface area contributed by atoms with Crippen LogP contribution in [0.25, 0.3) is 10.8 Å². The van der Waals surface area contributed by atoms with Gasteiger partial charge in [0.1, 0.15) is 17.5 Å². The molecule has 0 aliphatic heterocycles. The van der Waals surface area contributed by atoms with Crippen molar-refractivity contribution in [1.82, 2.24) is 5.32 Å². The molecule has 4 heteroatoms. The Hall–Kier alpha value is -3.27. The predicted molar refractivity (Wildman–Crippen MR) is 105 cm³/mol. The van der Waals surface area contributed by atoms with Crippen LogP contribution in [0.5, 0.6) is 0 Å². The molecule has 3 aromatic carbocycles. The highest BCUT2D eigenvalue weighted by molar-refractivity contribution is 6.03. The van der Waals surface area contributed by atoms with Crippen LogP contribution in [0.4, 0.5) is 0 Å². The molecule has 0 fully saturated rings. The van der Waals surface area contributed by atoms with Crippen LogP contribution in [0.2, 0.25) is 0 Å². The van der Waals surface area contributed by atoms with Crippen LogP contribution in [0, 0.1) is 5.92 Å². The molecule has 0 aromatic heterocycles. The van der Waals surface area contributed by atoms with Crippen LogP contribution in [0.1, 0.15) is 35.8 Å². The van der Waals surface area contributed by atoms with Crippen molar-refractivity contribution in [2.75, 3.05) is 0 Å². The summed E-state index contributed by atoms with van der Waals surface area (Å²) in [7, 11) is 0. The van der Waals surface area contributed by atoms with Gasteiger partial charge in [-0.3, -0.25) is 14.4 Å². The molecule has 0 bridgehead atoms. The van der Waals surface area contributed by atoms with E-state index in [9.17, 15) is 14.4 Å². The summed E-state index contributed by atoms with van der Waals surface area (Å²) in [5.41, 5.74) is 1.24. The zero-order valence-corrected chi connectivity index (χ0v) is 15.3. The highest BCUT2D eigenvalue weighted by atomic mass is 16.2. The third-order valence-corrected chi connectivity index (χ3v) is 4.69. The van der Waals surface area contributed by atoms with Gasteiger partial charge in [-0.2, -0.15) is 0 Å². The maximum atomic E-state index is 12.8. The number of fused-ring (bicyclic) bond motifs is 1.